The summed E-state index contributed by atoms with van der Waals surface area (Å²) in [6, 6.07) is 9.52. The number of piperazine rings is 1. The van der Waals surface area contributed by atoms with Crippen molar-refractivity contribution in [3.8, 4) is 11.5 Å². The van der Waals surface area contributed by atoms with Crippen molar-refractivity contribution in [2.24, 2.45) is 0 Å². The average molecular weight is 356 g/mol. The highest BCUT2D eigenvalue weighted by Crippen LogP contribution is 2.28. The molecule has 0 atom stereocenters. The van der Waals surface area contributed by atoms with Crippen LogP contribution < -0.4 is 14.4 Å². The van der Waals surface area contributed by atoms with Gasteiger partial charge in [-0.3, -0.25) is 4.79 Å². The molecule has 3 rings (SSSR count). The van der Waals surface area contributed by atoms with Crippen LogP contribution in [0.2, 0.25) is 0 Å². The first-order valence-electron chi connectivity index (χ1n) is 8.64. The normalized spacial score (nSPS) is 14.3. The summed E-state index contributed by atoms with van der Waals surface area (Å²) in [7, 11) is 3.19. The molecule has 138 valence electrons. The molecule has 0 radical (unpaired) electrons. The molecule has 7 heteroatoms. The van der Waals surface area contributed by atoms with Crippen LogP contribution in [-0.4, -0.2) is 61.4 Å². The first kappa shape index (κ1) is 18.0. The monoisotopic (exact) mass is 356 g/mol. The van der Waals surface area contributed by atoms with Crippen molar-refractivity contribution in [2.75, 3.05) is 45.3 Å². The molecule has 2 aromatic rings. The second kappa shape index (κ2) is 8.03. The summed E-state index contributed by atoms with van der Waals surface area (Å²) in [5.41, 5.74) is 1.82. The number of hydrogen-bond donors (Lipinski definition) is 0. The maximum Gasteiger partial charge on any atom is 0.227 e. The fraction of sp³-hybridized carbons (Fsp3) is 0.421. The van der Waals surface area contributed by atoms with E-state index in [4.69, 9.17) is 9.47 Å². The lowest BCUT2D eigenvalue weighted by atomic mass is 10.1. The number of benzene rings is 1. The SMILES string of the molecule is COc1ccc(CC(=O)N2CCN(c3ccc(C)nn3)CC2)cc1OC. The van der Waals surface area contributed by atoms with E-state index < -0.39 is 0 Å². The minimum atomic E-state index is 0.117. The van der Waals surface area contributed by atoms with E-state index >= 15 is 0 Å². The van der Waals surface area contributed by atoms with Crippen molar-refractivity contribution in [1.82, 2.24) is 15.1 Å². The molecule has 0 bridgehead atoms. The molecule has 1 aliphatic heterocycles. The predicted molar refractivity (Wildman–Crippen MR) is 98.8 cm³/mol. The van der Waals surface area contributed by atoms with Crippen molar-refractivity contribution in [2.45, 2.75) is 13.3 Å². The summed E-state index contributed by atoms with van der Waals surface area (Å²) in [5.74, 6) is 2.28. The third-order valence-electron chi connectivity index (χ3n) is 4.54. The van der Waals surface area contributed by atoms with E-state index in [-0.39, 0.29) is 5.91 Å². The molecule has 1 fully saturated rings. The fourth-order valence-electron chi connectivity index (χ4n) is 3.02. The van der Waals surface area contributed by atoms with Gasteiger partial charge in [0.15, 0.2) is 17.3 Å². The Labute approximate surface area is 153 Å². The Kier molecular flexibility index (Phi) is 5.55. The van der Waals surface area contributed by atoms with Gasteiger partial charge in [-0.2, -0.15) is 5.10 Å². The minimum Gasteiger partial charge on any atom is -0.493 e. The van der Waals surface area contributed by atoms with Gasteiger partial charge in [-0.25, -0.2) is 0 Å². The molecule has 1 aromatic carbocycles. The quantitative estimate of drug-likeness (QED) is 0.812. The van der Waals surface area contributed by atoms with Crippen LogP contribution in [0.3, 0.4) is 0 Å². The third kappa shape index (κ3) is 4.04. The van der Waals surface area contributed by atoms with E-state index in [0.29, 0.717) is 31.0 Å². The summed E-state index contributed by atoms with van der Waals surface area (Å²) in [6.07, 6.45) is 0.352. The molecule has 0 spiro atoms. The topological polar surface area (TPSA) is 67.8 Å². The highest BCUT2D eigenvalue weighted by Gasteiger charge is 2.22. The number of rotatable bonds is 5. The maximum absolute atomic E-state index is 12.6. The zero-order valence-electron chi connectivity index (χ0n) is 15.4. The van der Waals surface area contributed by atoms with Crippen molar-refractivity contribution in [3.05, 3.63) is 41.6 Å². The number of aryl methyl sites for hydroxylation is 1. The van der Waals surface area contributed by atoms with E-state index in [0.717, 1.165) is 30.2 Å². The summed E-state index contributed by atoms with van der Waals surface area (Å²) in [4.78, 5) is 16.7. The molecule has 0 saturated carbocycles. The van der Waals surface area contributed by atoms with Gasteiger partial charge in [-0.05, 0) is 36.8 Å². The van der Waals surface area contributed by atoms with Gasteiger partial charge in [-0.15, -0.1) is 5.10 Å². The smallest absolute Gasteiger partial charge is 0.227 e. The molecule has 1 aliphatic rings. The summed E-state index contributed by atoms with van der Waals surface area (Å²) in [6.45, 7) is 4.80. The first-order chi connectivity index (χ1) is 12.6. The largest absolute Gasteiger partial charge is 0.493 e. The Morgan fingerprint density at radius 1 is 1.00 bits per heavy atom. The number of anilines is 1. The Morgan fingerprint density at radius 3 is 2.35 bits per heavy atom. The number of ether oxygens (including phenoxy) is 2. The van der Waals surface area contributed by atoms with Gasteiger partial charge in [0.05, 0.1) is 26.3 Å². The van der Waals surface area contributed by atoms with Crippen molar-refractivity contribution in [3.63, 3.8) is 0 Å². The zero-order chi connectivity index (χ0) is 18.5. The van der Waals surface area contributed by atoms with Crippen LogP contribution >= 0.6 is 0 Å². The second-order valence-electron chi connectivity index (χ2n) is 6.27. The Hall–Kier alpha value is -2.83. The number of amides is 1. The van der Waals surface area contributed by atoms with E-state index in [1.54, 1.807) is 14.2 Å². The predicted octanol–water partition coefficient (Wildman–Crippen LogP) is 1.69. The third-order valence-corrected chi connectivity index (χ3v) is 4.54. The van der Waals surface area contributed by atoms with Crippen LogP contribution in [0.1, 0.15) is 11.3 Å². The Morgan fingerprint density at radius 2 is 1.73 bits per heavy atom. The van der Waals surface area contributed by atoms with Crippen LogP contribution in [0.5, 0.6) is 11.5 Å². The Bertz CT molecular complexity index is 756. The number of methoxy groups -OCH3 is 2. The van der Waals surface area contributed by atoms with Crippen molar-refractivity contribution < 1.29 is 14.3 Å². The fourth-order valence-corrected chi connectivity index (χ4v) is 3.02. The van der Waals surface area contributed by atoms with Gasteiger partial charge in [0, 0.05) is 26.2 Å². The number of aromatic nitrogens is 2. The Balaban J connectivity index is 1.57. The molecule has 1 aromatic heterocycles. The molecule has 26 heavy (non-hydrogen) atoms. The van der Waals surface area contributed by atoms with Gasteiger partial charge in [0.1, 0.15) is 0 Å². The molecule has 0 aliphatic carbocycles. The van der Waals surface area contributed by atoms with Crippen molar-refractivity contribution >= 4 is 11.7 Å². The summed E-state index contributed by atoms with van der Waals surface area (Å²) < 4.78 is 10.5. The molecule has 1 amide bonds. The van der Waals surface area contributed by atoms with Crippen LogP contribution in [0.15, 0.2) is 30.3 Å². The molecular weight excluding hydrogens is 332 g/mol. The number of carbonyl (C=O) groups excluding carboxylic acids is 1. The van der Waals surface area contributed by atoms with Gasteiger partial charge < -0.3 is 19.3 Å². The van der Waals surface area contributed by atoms with Crippen LogP contribution in [0.25, 0.3) is 0 Å². The average Bonchev–Trinajstić information content (AvgIpc) is 2.68. The van der Waals surface area contributed by atoms with Gasteiger partial charge in [-0.1, -0.05) is 6.07 Å². The van der Waals surface area contributed by atoms with Crippen LogP contribution in [0, 0.1) is 6.92 Å². The number of carbonyl (C=O) groups is 1. The van der Waals surface area contributed by atoms with E-state index in [1.165, 1.54) is 0 Å². The van der Waals surface area contributed by atoms with Gasteiger partial charge >= 0.3 is 0 Å². The molecule has 0 unspecified atom stereocenters. The molecule has 2 heterocycles. The molecule has 0 N–H and O–H groups in total. The van der Waals surface area contributed by atoms with E-state index in [9.17, 15) is 4.79 Å². The highest BCUT2D eigenvalue weighted by molar-refractivity contribution is 5.79. The molecular formula is C19H24N4O3. The molecule has 1 saturated heterocycles. The minimum absolute atomic E-state index is 0.117. The zero-order valence-corrected chi connectivity index (χ0v) is 15.4. The first-order valence-corrected chi connectivity index (χ1v) is 8.64. The van der Waals surface area contributed by atoms with Gasteiger partial charge in [0.25, 0.3) is 0 Å². The lowest BCUT2D eigenvalue weighted by molar-refractivity contribution is -0.130. The number of hydrogen-bond acceptors (Lipinski definition) is 6. The van der Waals surface area contributed by atoms with E-state index in [1.807, 2.05) is 42.2 Å². The lowest BCUT2D eigenvalue weighted by Crippen LogP contribution is -2.49. The van der Waals surface area contributed by atoms with Crippen molar-refractivity contribution in [1.29, 1.82) is 0 Å². The van der Waals surface area contributed by atoms with E-state index in [2.05, 4.69) is 15.1 Å². The lowest BCUT2D eigenvalue weighted by Gasteiger charge is -2.35. The second-order valence-corrected chi connectivity index (χ2v) is 6.27. The highest BCUT2D eigenvalue weighted by atomic mass is 16.5. The molecule has 7 nitrogen and oxygen atoms in total. The van der Waals surface area contributed by atoms with Crippen LogP contribution in [0.4, 0.5) is 5.82 Å². The number of nitrogens with zero attached hydrogens (tertiary/aromatic N) is 4. The summed E-state index contributed by atoms with van der Waals surface area (Å²) in [5, 5.41) is 8.32. The summed E-state index contributed by atoms with van der Waals surface area (Å²) >= 11 is 0. The van der Waals surface area contributed by atoms with Crippen LogP contribution in [-0.2, 0) is 11.2 Å². The standard InChI is InChI=1S/C19H24N4O3/c1-14-4-7-18(21-20-14)22-8-10-23(11-9-22)19(24)13-15-5-6-16(25-2)17(12-15)26-3/h4-7,12H,8-11,13H2,1-3H3. The van der Waals surface area contributed by atoms with Gasteiger partial charge in [0.2, 0.25) is 5.91 Å². The maximum atomic E-state index is 12.6.